The number of ether oxygens (including phenoxy) is 1. The first kappa shape index (κ1) is 17.6. The number of benzene rings is 1. The molecule has 0 radical (unpaired) electrons. The van der Waals surface area contributed by atoms with Crippen molar-refractivity contribution in [2.24, 2.45) is 0 Å². The number of nitrogens with zero attached hydrogens (tertiary/aromatic N) is 2. The largest absolute Gasteiger partial charge is 0.469 e. The molecule has 0 aliphatic carbocycles. The van der Waals surface area contributed by atoms with Gasteiger partial charge in [-0.1, -0.05) is 42.1 Å². The maximum absolute atomic E-state index is 12.6. The van der Waals surface area contributed by atoms with Crippen molar-refractivity contribution in [3.05, 3.63) is 64.3 Å². The minimum atomic E-state index is -0.728. The molecule has 2 rings (SSSR count). The maximum Gasteiger partial charge on any atom is 0.307 e. The lowest BCUT2D eigenvalue weighted by molar-refractivity contribution is -0.385. The molecule has 1 aromatic carbocycles. The van der Waals surface area contributed by atoms with Crippen molar-refractivity contribution in [1.82, 2.24) is 4.98 Å². The SMILES string of the molecule is COC(=O)CC(Sc1ccc([N+](=O)[O-])cn1)C(=O)c1ccccc1. The summed E-state index contributed by atoms with van der Waals surface area (Å²) in [6.45, 7) is 0. The molecule has 2 aromatic rings. The van der Waals surface area contributed by atoms with Gasteiger partial charge in [-0.25, -0.2) is 4.98 Å². The van der Waals surface area contributed by atoms with Gasteiger partial charge in [0.1, 0.15) is 6.20 Å². The first-order valence-corrected chi connectivity index (χ1v) is 7.82. The monoisotopic (exact) mass is 346 g/mol. The number of esters is 1. The van der Waals surface area contributed by atoms with Crippen molar-refractivity contribution in [3.63, 3.8) is 0 Å². The highest BCUT2D eigenvalue weighted by Gasteiger charge is 2.25. The lowest BCUT2D eigenvalue weighted by atomic mass is 10.1. The molecule has 124 valence electrons. The zero-order valence-electron chi connectivity index (χ0n) is 12.7. The molecule has 24 heavy (non-hydrogen) atoms. The third-order valence-electron chi connectivity index (χ3n) is 3.13. The van der Waals surface area contributed by atoms with E-state index in [1.807, 2.05) is 0 Å². The van der Waals surface area contributed by atoms with Crippen molar-refractivity contribution in [2.45, 2.75) is 16.7 Å². The number of carbonyl (C=O) groups is 2. The summed E-state index contributed by atoms with van der Waals surface area (Å²) in [5.74, 6) is -0.746. The highest BCUT2D eigenvalue weighted by Crippen LogP contribution is 2.28. The zero-order chi connectivity index (χ0) is 17.5. The van der Waals surface area contributed by atoms with Crippen LogP contribution in [0, 0.1) is 10.1 Å². The number of rotatable bonds is 7. The number of ketones is 1. The van der Waals surface area contributed by atoms with E-state index in [1.165, 1.54) is 19.2 Å². The number of thioether (sulfide) groups is 1. The van der Waals surface area contributed by atoms with Crippen molar-refractivity contribution < 1.29 is 19.2 Å². The first-order valence-electron chi connectivity index (χ1n) is 6.94. The summed E-state index contributed by atoms with van der Waals surface area (Å²) in [6, 6.07) is 11.3. The summed E-state index contributed by atoms with van der Waals surface area (Å²) in [5, 5.41) is 10.3. The molecule has 0 saturated heterocycles. The highest BCUT2D eigenvalue weighted by atomic mass is 32.2. The quantitative estimate of drug-likeness (QED) is 0.250. The van der Waals surface area contributed by atoms with Crippen LogP contribution in [0.1, 0.15) is 16.8 Å². The fourth-order valence-corrected chi connectivity index (χ4v) is 2.92. The van der Waals surface area contributed by atoms with Crippen LogP contribution in [0.25, 0.3) is 0 Å². The minimum Gasteiger partial charge on any atom is -0.469 e. The Balaban J connectivity index is 2.21. The topological polar surface area (TPSA) is 99.4 Å². The molecule has 0 fully saturated rings. The summed E-state index contributed by atoms with van der Waals surface area (Å²) < 4.78 is 4.64. The van der Waals surface area contributed by atoms with Crippen LogP contribution in [0.2, 0.25) is 0 Å². The average Bonchev–Trinajstić information content (AvgIpc) is 2.61. The Morgan fingerprint density at radius 2 is 1.96 bits per heavy atom. The van der Waals surface area contributed by atoms with E-state index in [2.05, 4.69) is 9.72 Å². The van der Waals surface area contributed by atoms with Gasteiger partial charge < -0.3 is 4.74 Å². The Bertz CT molecular complexity index is 734. The number of nitro groups is 1. The summed E-state index contributed by atoms with van der Waals surface area (Å²) in [5.41, 5.74) is 0.332. The van der Waals surface area contributed by atoms with Crippen LogP contribution in [-0.4, -0.2) is 34.0 Å². The number of methoxy groups -OCH3 is 1. The summed E-state index contributed by atoms with van der Waals surface area (Å²) in [7, 11) is 1.25. The first-order chi connectivity index (χ1) is 11.5. The predicted octanol–water partition coefficient (Wildman–Crippen LogP) is 2.90. The molecule has 1 unspecified atom stereocenters. The van der Waals surface area contributed by atoms with E-state index in [4.69, 9.17) is 0 Å². The second kappa shape index (κ2) is 8.21. The molecule has 0 spiro atoms. The van der Waals surface area contributed by atoms with Gasteiger partial charge >= 0.3 is 5.97 Å². The molecule has 0 aliphatic rings. The number of hydrogen-bond donors (Lipinski definition) is 0. The van der Waals surface area contributed by atoms with Gasteiger partial charge in [0.15, 0.2) is 5.78 Å². The van der Waals surface area contributed by atoms with Gasteiger partial charge in [-0.3, -0.25) is 19.7 Å². The number of carbonyl (C=O) groups excluding carboxylic acids is 2. The van der Waals surface area contributed by atoms with Gasteiger partial charge in [-0.15, -0.1) is 0 Å². The lowest BCUT2D eigenvalue weighted by Gasteiger charge is -2.14. The van der Waals surface area contributed by atoms with E-state index in [-0.39, 0.29) is 17.9 Å². The maximum atomic E-state index is 12.6. The van der Waals surface area contributed by atoms with E-state index in [0.717, 1.165) is 18.0 Å². The van der Waals surface area contributed by atoms with E-state index in [0.29, 0.717) is 10.6 Å². The predicted molar refractivity (Wildman–Crippen MR) is 87.9 cm³/mol. The lowest BCUT2D eigenvalue weighted by Crippen LogP contribution is -2.22. The van der Waals surface area contributed by atoms with E-state index < -0.39 is 16.1 Å². The molecule has 0 saturated carbocycles. The third kappa shape index (κ3) is 4.63. The van der Waals surface area contributed by atoms with Crippen LogP contribution in [-0.2, 0) is 9.53 Å². The van der Waals surface area contributed by atoms with Crippen LogP contribution >= 0.6 is 11.8 Å². The zero-order valence-corrected chi connectivity index (χ0v) is 13.6. The second-order valence-corrected chi connectivity index (χ2v) is 5.95. The Labute approximate surface area is 142 Å². The van der Waals surface area contributed by atoms with Gasteiger partial charge in [0.2, 0.25) is 0 Å². The van der Waals surface area contributed by atoms with E-state index >= 15 is 0 Å². The molecular weight excluding hydrogens is 332 g/mol. The standard InChI is InChI=1S/C16H14N2O5S/c1-23-15(19)9-13(16(20)11-5-3-2-4-6-11)24-14-8-7-12(10-17-14)18(21)22/h2-8,10,13H,9H2,1H3. The van der Waals surface area contributed by atoms with Gasteiger partial charge in [0.05, 0.1) is 28.7 Å². The molecule has 0 bridgehead atoms. The summed E-state index contributed by atoms with van der Waals surface area (Å²) >= 11 is 1.07. The Kier molecular flexibility index (Phi) is 6.02. The molecule has 0 N–H and O–H groups in total. The smallest absolute Gasteiger partial charge is 0.307 e. The summed E-state index contributed by atoms with van der Waals surface area (Å²) in [6.07, 6.45) is 0.998. The normalized spacial score (nSPS) is 11.5. The molecule has 1 aromatic heterocycles. The molecule has 7 nitrogen and oxygen atoms in total. The molecule has 8 heteroatoms. The Morgan fingerprint density at radius 1 is 1.25 bits per heavy atom. The van der Waals surface area contributed by atoms with E-state index in [9.17, 15) is 19.7 Å². The van der Waals surface area contributed by atoms with Crippen LogP contribution in [0.5, 0.6) is 0 Å². The van der Waals surface area contributed by atoms with Gasteiger partial charge in [-0.05, 0) is 6.07 Å². The summed E-state index contributed by atoms with van der Waals surface area (Å²) in [4.78, 5) is 38.3. The Morgan fingerprint density at radius 3 is 2.50 bits per heavy atom. The molecule has 0 amide bonds. The fourth-order valence-electron chi connectivity index (χ4n) is 1.91. The Hall–Kier alpha value is -2.74. The fraction of sp³-hybridized carbons (Fsp3) is 0.188. The average molecular weight is 346 g/mol. The molecule has 1 heterocycles. The van der Waals surface area contributed by atoms with E-state index in [1.54, 1.807) is 30.3 Å². The van der Waals surface area contributed by atoms with Crippen molar-refractivity contribution in [1.29, 1.82) is 0 Å². The number of aromatic nitrogens is 1. The van der Waals surface area contributed by atoms with Crippen molar-refractivity contribution >= 4 is 29.2 Å². The minimum absolute atomic E-state index is 0.117. The second-order valence-electron chi connectivity index (χ2n) is 4.73. The molecular formula is C16H14N2O5S. The van der Waals surface area contributed by atoms with Gasteiger partial charge in [-0.2, -0.15) is 0 Å². The number of hydrogen-bond acceptors (Lipinski definition) is 7. The van der Waals surface area contributed by atoms with Crippen molar-refractivity contribution in [2.75, 3.05) is 7.11 Å². The van der Waals surface area contributed by atoms with Crippen LogP contribution in [0.4, 0.5) is 5.69 Å². The van der Waals surface area contributed by atoms with Crippen LogP contribution < -0.4 is 0 Å². The van der Waals surface area contributed by atoms with Gasteiger partial charge in [0.25, 0.3) is 5.69 Å². The third-order valence-corrected chi connectivity index (χ3v) is 4.27. The molecule has 1 atom stereocenters. The van der Waals surface area contributed by atoms with Crippen LogP contribution in [0.3, 0.4) is 0 Å². The van der Waals surface area contributed by atoms with Crippen LogP contribution in [0.15, 0.2) is 53.7 Å². The highest BCUT2D eigenvalue weighted by molar-refractivity contribution is 8.00. The van der Waals surface area contributed by atoms with Crippen molar-refractivity contribution in [3.8, 4) is 0 Å². The van der Waals surface area contributed by atoms with Gasteiger partial charge in [0, 0.05) is 11.6 Å². The number of Topliss-reactive ketones (excluding diaryl/α,β-unsaturated/α-hetero) is 1. The molecule has 0 aliphatic heterocycles. The number of pyridine rings is 1.